The van der Waals surface area contributed by atoms with Crippen LogP contribution in [-0.4, -0.2) is 25.4 Å². The molecule has 27 heavy (non-hydrogen) atoms. The number of fused-ring (bicyclic) bond motifs is 1. The summed E-state index contributed by atoms with van der Waals surface area (Å²) in [6.45, 7) is 0.335. The van der Waals surface area contributed by atoms with E-state index in [4.69, 9.17) is 14.0 Å². The van der Waals surface area contributed by atoms with Crippen molar-refractivity contribution in [3.63, 3.8) is 0 Å². The Labute approximate surface area is 159 Å². The summed E-state index contributed by atoms with van der Waals surface area (Å²) in [6.07, 6.45) is 2.13. The largest absolute Gasteiger partial charge is 0.454 e. The van der Waals surface area contributed by atoms with Crippen molar-refractivity contribution >= 4 is 21.4 Å². The predicted octanol–water partition coefficient (Wildman–Crippen LogP) is 2.88. The average Bonchev–Trinajstić information content (AvgIpc) is 3.09. The molecule has 3 heterocycles. The number of benzene rings is 1. The van der Waals surface area contributed by atoms with Crippen LogP contribution in [0, 0.1) is 0 Å². The van der Waals surface area contributed by atoms with Gasteiger partial charge in [0.2, 0.25) is 28.5 Å². The molecule has 1 fully saturated rings. The van der Waals surface area contributed by atoms with E-state index in [2.05, 4.69) is 14.9 Å². The van der Waals surface area contributed by atoms with Crippen LogP contribution in [0.15, 0.2) is 38.4 Å². The van der Waals surface area contributed by atoms with Gasteiger partial charge < -0.3 is 14.0 Å². The van der Waals surface area contributed by atoms with Gasteiger partial charge in [0.25, 0.3) is 0 Å². The van der Waals surface area contributed by atoms with Crippen molar-refractivity contribution in [1.29, 1.82) is 0 Å². The summed E-state index contributed by atoms with van der Waals surface area (Å²) in [7, 11) is -3.65. The van der Waals surface area contributed by atoms with Crippen LogP contribution in [0.1, 0.15) is 30.2 Å². The van der Waals surface area contributed by atoms with Crippen molar-refractivity contribution in [3.05, 3.63) is 41.1 Å². The zero-order valence-corrected chi connectivity index (χ0v) is 15.7. The summed E-state index contributed by atoms with van der Waals surface area (Å²) in [4.78, 5) is 4.35. The second kappa shape index (κ2) is 6.32. The number of ether oxygens (including phenoxy) is 2. The smallest absolute Gasteiger partial charge is 0.250 e. The van der Waals surface area contributed by atoms with Gasteiger partial charge in [-0.2, -0.15) is 4.98 Å². The number of hydrogen-bond donors (Lipinski definition) is 1. The number of aromatic nitrogens is 2. The molecule has 1 saturated carbocycles. The van der Waals surface area contributed by atoms with Gasteiger partial charge in [0.1, 0.15) is 4.21 Å². The van der Waals surface area contributed by atoms with Crippen molar-refractivity contribution in [2.24, 2.45) is 0 Å². The molecule has 1 aliphatic heterocycles. The highest BCUT2D eigenvalue weighted by molar-refractivity contribution is 7.91. The lowest BCUT2D eigenvalue weighted by Gasteiger charge is -2.05. The molecule has 0 atom stereocenters. The molecular weight excluding hydrogens is 390 g/mol. The minimum absolute atomic E-state index is 0.153. The molecule has 8 nitrogen and oxygen atoms in total. The second-order valence-electron chi connectivity index (χ2n) is 6.40. The third-order valence-electron chi connectivity index (χ3n) is 4.37. The Bertz CT molecular complexity index is 1100. The Kier molecular flexibility index (Phi) is 3.92. The highest BCUT2D eigenvalue weighted by Crippen LogP contribution is 2.40. The Morgan fingerprint density at radius 2 is 2.04 bits per heavy atom. The summed E-state index contributed by atoms with van der Waals surface area (Å²) in [6, 6.07) is 6.90. The predicted molar refractivity (Wildman–Crippen MR) is 96.2 cm³/mol. The lowest BCUT2D eigenvalue weighted by atomic mass is 10.2. The van der Waals surface area contributed by atoms with E-state index in [0.29, 0.717) is 34.7 Å². The lowest BCUT2D eigenvalue weighted by molar-refractivity contribution is 0.174. The Balaban J connectivity index is 1.30. The fourth-order valence-electron chi connectivity index (χ4n) is 2.72. The van der Waals surface area contributed by atoms with Crippen molar-refractivity contribution in [3.8, 4) is 22.9 Å². The van der Waals surface area contributed by atoms with Crippen LogP contribution in [0.2, 0.25) is 0 Å². The summed E-state index contributed by atoms with van der Waals surface area (Å²) >= 11 is 1.12. The van der Waals surface area contributed by atoms with E-state index in [1.807, 2.05) is 0 Å². The number of hydrogen-bond acceptors (Lipinski definition) is 8. The molecule has 1 N–H and O–H groups in total. The zero-order valence-electron chi connectivity index (χ0n) is 14.0. The van der Waals surface area contributed by atoms with Gasteiger partial charge in [0, 0.05) is 23.4 Å². The number of thiophene rings is 1. The van der Waals surface area contributed by atoms with Crippen LogP contribution >= 0.6 is 11.3 Å². The summed E-state index contributed by atoms with van der Waals surface area (Å²) in [5.41, 5.74) is 1.42. The number of nitrogens with one attached hydrogen (secondary N) is 1. The van der Waals surface area contributed by atoms with Crippen LogP contribution in [0.4, 0.5) is 0 Å². The molecule has 0 unspecified atom stereocenters. The molecule has 2 aliphatic rings. The highest BCUT2D eigenvalue weighted by atomic mass is 32.2. The average molecular weight is 405 g/mol. The normalized spacial score (nSPS) is 16.0. The SMILES string of the molecule is O=S(=O)(NCc1ccc2c(c1)OCO2)c1cc(-c2noc(C3CC3)n2)cs1. The summed E-state index contributed by atoms with van der Waals surface area (Å²) in [5, 5.41) is 5.67. The highest BCUT2D eigenvalue weighted by Gasteiger charge is 2.30. The van der Waals surface area contributed by atoms with Crippen molar-refractivity contribution in [2.45, 2.75) is 29.5 Å². The maximum Gasteiger partial charge on any atom is 0.250 e. The number of sulfonamides is 1. The van der Waals surface area contributed by atoms with E-state index in [9.17, 15) is 8.42 Å². The molecule has 1 aliphatic carbocycles. The van der Waals surface area contributed by atoms with Gasteiger partial charge in [0.15, 0.2) is 11.5 Å². The van der Waals surface area contributed by atoms with Gasteiger partial charge in [-0.3, -0.25) is 0 Å². The summed E-state index contributed by atoms with van der Waals surface area (Å²) < 4.78 is 43.8. The first-order valence-corrected chi connectivity index (χ1v) is 10.8. The van der Waals surface area contributed by atoms with Crippen LogP contribution in [0.25, 0.3) is 11.4 Å². The molecule has 0 amide bonds. The fraction of sp³-hybridized carbons (Fsp3) is 0.294. The van der Waals surface area contributed by atoms with Crippen LogP contribution in [0.5, 0.6) is 11.5 Å². The van der Waals surface area contributed by atoms with Gasteiger partial charge >= 0.3 is 0 Å². The zero-order chi connectivity index (χ0) is 18.4. The maximum absolute atomic E-state index is 12.6. The lowest BCUT2D eigenvalue weighted by Crippen LogP contribution is -2.22. The fourth-order valence-corrected chi connectivity index (χ4v) is 4.94. The molecule has 140 valence electrons. The first kappa shape index (κ1) is 16.7. The molecule has 0 bridgehead atoms. The van der Waals surface area contributed by atoms with Crippen LogP contribution in [0.3, 0.4) is 0 Å². The van der Waals surface area contributed by atoms with Crippen LogP contribution < -0.4 is 14.2 Å². The molecular formula is C17H15N3O5S2. The quantitative estimate of drug-likeness (QED) is 0.672. The molecule has 0 spiro atoms. The monoisotopic (exact) mass is 405 g/mol. The van der Waals surface area contributed by atoms with Crippen molar-refractivity contribution in [2.75, 3.05) is 6.79 Å². The minimum Gasteiger partial charge on any atom is -0.454 e. The third kappa shape index (κ3) is 3.31. The van der Waals surface area contributed by atoms with Gasteiger partial charge in [-0.1, -0.05) is 11.2 Å². The van der Waals surface area contributed by atoms with Crippen molar-refractivity contribution < 1.29 is 22.4 Å². The molecule has 0 saturated heterocycles. The third-order valence-corrected chi connectivity index (χ3v) is 7.21. The van der Waals surface area contributed by atoms with Crippen molar-refractivity contribution in [1.82, 2.24) is 14.9 Å². The first-order valence-electron chi connectivity index (χ1n) is 8.39. The number of rotatable bonds is 6. The molecule has 2 aromatic heterocycles. The Morgan fingerprint density at radius 3 is 2.89 bits per heavy atom. The molecule has 3 aromatic rings. The van der Waals surface area contributed by atoms with E-state index in [1.165, 1.54) is 0 Å². The van der Waals surface area contributed by atoms with Gasteiger partial charge in [-0.05, 0) is 36.6 Å². The van der Waals surface area contributed by atoms with Gasteiger partial charge in [-0.15, -0.1) is 11.3 Å². The Morgan fingerprint density at radius 1 is 1.19 bits per heavy atom. The van der Waals surface area contributed by atoms with E-state index in [0.717, 1.165) is 29.7 Å². The molecule has 10 heteroatoms. The Hall–Kier alpha value is -2.43. The minimum atomic E-state index is -3.65. The molecule has 0 radical (unpaired) electrons. The molecule has 1 aromatic carbocycles. The van der Waals surface area contributed by atoms with E-state index in [1.54, 1.807) is 29.6 Å². The topological polar surface area (TPSA) is 104 Å². The first-order chi connectivity index (χ1) is 13.1. The van der Waals surface area contributed by atoms with E-state index < -0.39 is 10.0 Å². The van der Waals surface area contributed by atoms with Gasteiger partial charge in [0.05, 0.1) is 0 Å². The molecule has 5 rings (SSSR count). The van der Waals surface area contributed by atoms with Gasteiger partial charge in [-0.25, -0.2) is 13.1 Å². The van der Waals surface area contributed by atoms with E-state index >= 15 is 0 Å². The second-order valence-corrected chi connectivity index (χ2v) is 9.30. The van der Waals surface area contributed by atoms with E-state index in [-0.39, 0.29) is 17.5 Å². The summed E-state index contributed by atoms with van der Waals surface area (Å²) in [5.74, 6) is 2.69. The standard InChI is InChI=1S/C17H15N3O5S2/c21-27(22,18-7-10-1-4-13-14(5-10)24-9-23-13)15-6-12(8-26-15)16-19-17(25-20-16)11-2-3-11/h1,4-6,8,11,18H,2-3,7,9H2. The van der Waals surface area contributed by atoms with Crippen LogP contribution in [-0.2, 0) is 16.6 Å². The number of nitrogens with zero attached hydrogens (tertiary/aromatic N) is 2. The maximum atomic E-state index is 12.6.